The fourth-order valence-electron chi connectivity index (χ4n) is 2.11. The number of amides is 1. The first kappa shape index (κ1) is 18.7. The van der Waals surface area contributed by atoms with Crippen molar-refractivity contribution in [3.8, 4) is 0 Å². The van der Waals surface area contributed by atoms with E-state index in [0.29, 0.717) is 12.8 Å². The summed E-state index contributed by atoms with van der Waals surface area (Å²) in [5.74, 6) is -0.829. The normalized spacial score (nSPS) is 12.3. The molecule has 0 spiro atoms. The monoisotopic (exact) mass is 319 g/mol. The summed E-state index contributed by atoms with van der Waals surface area (Å²) in [6, 6.07) is 7.29. The molecule has 0 fully saturated rings. The highest BCUT2D eigenvalue weighted by Gasteiger charge is 2.20. The minimum absolute atomic E-state index is 0.0784. The molecule has 0 radical (unpaired) electrons. The van der Waals surface area contributed by atoms with Crippen molar-refractivity contribution in [3.63, 3.8) is 0 Å². The van der Waals surface area contributed by atoms with Gasteiger partial charge in [-0.2, -0.15) is 0 Å². The van der Waals surface area contributed by atoms with Crippen LogP contribution in [0.25, 0.3) is 0 Å². The summed E-state index contributed by atoms with van der Waals surface area (Å²) in [4.78, 5) is 22.7. The third kappa shape index (κ3) is 7.49. The van der Waals surface area contributed by atoms with Gasteiger partial charge in [-0.25, -0.2) is 4.79 Å². The summed E-state index contributed by atoms with van der Waals surface area (Å²) >= 11 is 0. The molecule has 0 bridgehead atoms. The fraction of sp³-hybridized carbons (Fsp3) is 0.444. The highest BCUT2D eigenvalue weighted by molar-refractivity contribution is 5.68. The molecule has 23 heavy (non-hydrogen) atoms. The van der Waals surface area contributed by atoms with Gasteiger partial charge in [-0.1, -0.05) is 30.3 Å². The van der Waals surface area contributed by atoms with Crippen LogP contribution in [0, 0.1) is 0 Å². The first-order chi connectivity index (χ1) is 10.7. The van der Waals surface area contributed by atoms with E-state index < -0.39 is 17.7 Å². The zero-order chi connectivity index (χ0) is 17.5. The SMILES string of the molecule is C=CC[C@H](NC(=O)OC(C)(C)C)c1cccc(CCC(=O)O)c1. The first-order valence-corrected chi connectivity index (χ1v) is 7.62. The largest absolute Gasteiger partial charge is 0.481 e. The molecule has 1 aromatic rings. The number of ether oxygens (including phenoxy) is 1. The first-order valence-electron chi connectivity index (χ1n) is 7.62. The molecule has 0 aliphatic carbocycles. The van der Waals surface area contributed by atoms with Crippen molar-refractivity contribution in [2.45, 2.75) is 51.7 Å². The second kappa shape index (κ2) is 8.36. The van der Waals surface area contributed by atoms with E-state index >= 15 is 0 Å². The van der Waals surface area contributed by atoms with E-state index in [-0.39, 0.29) is 12.5 Å². The maximum Gasteiger partial charge on any atom is 0.408 e. The third-order valence-corrected chi connectivity index (χ3v) is 3.07. The van der Waals surface area contributed by atoms with Crippen LogP contribution in [0.1, 0.15) is 50.8 Å². The van der Waals surface area contributed by atoms with Crippen molar-refractivity contribution in [3.05, 3.63) is 48.0 Å². The van der Waals surface area contributed by atoms with Gasteiger partial charge in [0.25, 0.3) is 0 Å². The summed E-state index contributed by atoms with van der Waals surface area (Å²) in [5, 5.41) is 11.6. The molecule has 2 N–H and O–H groups in total. The minimum atomic E-state index is -0.829. The highest BCUT2D eigenvalue weighted by atomic mass is 16.6. The average molecular weight is 319 g/mol. The number of aryl methyl sites for hydroxylation is 1. The van der Waals surface area contributed by atoms with Gasteiger partial charge in [0.1, 0.15) is 5.60 Å². The summed E-state index contributed by atoms with van der Waals surface area (Å²) in [7, 11) is 0. The molecule has 1 amide bonds. The zero-order valence-corrected chi connectivity index (χ0v) is 14.0. The van der Waals surface area contributed by atoms with Gasteiger partial charge in [0.15, 0.2) is 0 Å². The lowest BCUT2D eigenvalue weighted by Crippen LogP contribution is -2.34. The predicted octanol–water partition coefficient (Wildman–Crippen LogP) is 3.85. The fourth-order valence-corrected chi connectivity index (χ4v) is 2.11. The lowest BCUT2D eigenvalue weighted by molar-refractivity contribution is -0.136. The van der Waals surface area contributed by atoms with Crippen molar-refractivity contribution < 1.29 is 19.4 Å². The molecule has 0 aliphatic heterocycles. The Morgan fingerprint density at radius 3 is 2.65 bits per heavy atom. The van der Waals surface area contributed by atoms with Crippen LogP contribution in [0.4, 0.5) is 4.79 Å². The quantitative estimate of drug-likeness (QED) is 0.749. The number of carboxylic acid groups (broad SMARTS) is 1. The van der Waals surface area contributed by atoms with Gasteiger partial charge in [0.05, 0.1) is 6.04 Å². The molecular formula is C18H25NO4. The lowest BCUT2D eigenvalue weighted by Gasteiger charge is -2.23. The van der Waals surface area contributed by atoms with E-state index in [9.17, 15) is 9.59 Å². The minimum Gasteiger partial charge on any atom is -0.481 e. The molecular weight excluding hydrogens is 294 g/mol. The maximum absolute atomic E-state index is 12.0. The highest BCUT2D eigenvalue weighted by Crippen LogP contribution is 2.20. The van der Waals surface area contributed by atoms with Gasteiger partial charge in [0, 0.05) is 6.42 Å². The number of rotatable bonds is 7. The van der Waals surface area contributed by atoms with E-state index in [0.717, 1.165) is 11.1 Å². The van der Waals surface area contributed by atoms with Gasteiger partial charge >= 0.3 is 12.1 Å². The summed E-state index contributed by atoms with van der Waals surface area (Å²) < 4.78 is 5.28. The van der Waals surface area contributed by atoms with Crippen LogP contribution in [-0.2, 0) is 16.0 Å². The van der Waals surface area contributed by atoms with Crippen molar-refractivity contribution in [1.29, 1.82) is 0 Å². The number of aliphatic carboxylic acids is 1. The van der Waals surface area contributed by atoms with E-state index in [1.54, 1.807) is 6.08 Å². The van der Waals surface area contributed by atoms with Crippen LogP contribution in [-0.4, -0.2) is 22.8 Å². The molecule has 0 saturated heterocycles. The average Bonchev–Trinajstić information content (AvgIpc) is 2.43. The molecule has 0 aliphatic rings. The van der Waals surface area contributed by atoms with Crippen LogP contribution in [0.2, 0.25) is 0 Å². The van der Waals surface area contributed by atoms with Crippen molar-refractivity contribution in [1.82, 2.24) is 5.32 Å². The second-order valence-corrected chi connectivity index (χ2v) is 6.36. The second-order valence-electron chi connectivity index (χ2n) is 6.36. The zero-order valence-electron chi connectivity index (χ0n) is 14.0. The van der Waals surface area contributed by atoms with E-state index in [1.807, 2.05) is 45.0 Å². The Morgan fingerprint density at radius 1 is 1.39 bits per heavy atom. The van der Waals surface area contributed by atoms with Gasteiger partial charge in [0.2, 0.25) is 0 Å². The Hall–Kier alpha value is -2.30. The van der Waals surface area contributed by atoms with Gasteiger partial charge in [-0.3, -0.25) is 4.79 Å². The lowest BCUT2D eigenvalue weighted by atomic mass is 9.99. The van der Waals surface area contributed by atoms with Crippen LogP contribution in [0.3, 0.4) is 0 Å². The Morgan fingerprint density at radius 2 is 2.09 bits per heavy atom. The van der Waals surface area contributed by atoms with Crippen molar-refractivity contribution >= 4 is 12.1 Å². The van der Waals surface area contributed by atoms with Crippen LogP contribution in [0.5, 0.6) is 0 Å². The number of hydrogen-bond donors (Lipinski definition) is 2. The van der Waals surface area contributed by atoms with E-state index in [2.05, 4.69) is 11.9 Å². The summed E-state index contributed by atoms with van der Waals surface area (Å²) in [5.41, 5.74) is 1.26. The van der Waals surface area contributed by atoms with Gasteiger partial charge in [-0.05, 0) is 44.7 Å². The number of carboxylic acids is 1. The summed E-state index contributed by atoms with van der Waals surface area (Å²) in [6.45, 7) is 9.14. The number of hydrogen-bond acceptors (Lipinski definition) is 3. The van der Waals surface area contributed by atoms with Crippen LogP contribution >= 0.6 is 0 Å². The van der Waals surface area contributed by atoms with E-state index in [1.165, 1.54) is 0 Å². The molecule has 0 aromatic heterocycles. The molecule has 0 saturated carbocycles. The Balaban J connectivity index is 2.84. The van der Waals surface area contributed by atoms with E-state index in [4.69, 9.17) is 9.84 Å². The van der Waals surface area contributed by atoms with Gasteiger partial charge < -0.3 is 15.2 Å². The number of carbonyl (C=O) groups is 2. The smallest absolute Gasteiger partial charge is 0.408 e. The standard InChI is InChI=1S/C18H25NO4/c1-5-7-15(19-17(22)23-18(2,3)4)14-9-6-8-13(12-14)10-11-16(20)21/h5-6,8-9,12,15H,1,7,10-11H2,2-4H3,(H,19,22)(H,20,21)/t15-/m0/s1. The van der Waals surface area contributed by atoms with Crippen molar-refractivity contribution in [2.24, 2.45) is 0 Å². The molecule has 0 heterocycles. The van der Waals surface area contributed by atoms with Crippen LogP contribution in [0.15, 0.2) is 36.9 Å². The number of benzene rings is 1. The molecule has 126 valence electrons. The number of nitrogens with one attached hydrogen (secondary N) is 1. The maximum atomic E-state index is 12.0. The molecule has 1 atom stereocenters. The third-order valence-electron chi connectivity index (χ3n) is 3.07. The number of carbonyl (C=O) groups excluding carboxylic acids is 1. The molecule has 1 rings (SSSR count). The van der Waals surface area contributed by atoms with Crippen LogP contribution < -0.4 is 5.32 Å². The Kier molecular flexibility index (Phi) is 6.82. The van der Waals surface area contributed by atoms with Gasteiger partial charge in [-0.15, -0.1) is 6.58 Å². The molecule has 5 heteroatoms. The number of alkyl carbamates (subject to hydrolysis) is 1. The molecule has 1 aromatic carbocycles. The topological polar surface area (TPSA) is 75.6 Å². The molecule has 5 nitrogen and oxygen atoms in total. The molecule has 0 unspecified atom stereocenters. The Labute approximate surface area is 137 Å². The Bertz CT molecular complexity index is 560. The predicted molar refractivity (Wildman–Crippen MR) is 89.3 cm³/mol. The summed E-state index contributed by atoms with van der Waals surface area (Å²) in [6.07, 6.45) is 2.33. The van der Waals surface area contributed by atoms with Crippen molar-refractivity contribution in [2.75, 3.05) is 0 Å².